The molecule has 5 rings (SSSR count). The van der Waals surface area contributed by atoms with Crippen LogP contribution >= 0.6 is 0 Å². The Morgan fingerprint density at radius 3 is 2.81 bits per heavy atom. The van der Waals surface area contributed by atoms with Crippen LogP contribution in [-0.4, -0.2) is 22.3 Å². The highest BCUT2D eigenvalue weighted by molar-refractivity contribution is 5.94. The number of ether oxygens (including phenoxy) is 1. The molecule has 1 atom stereocenters. The maximum Gasteiger partial charge on any atom is 0.270 e. The van der Waals surface area contributed by atoms with Gasteiger partial charge in [0, 0.05) is 18.8 Å². The van der Waals surface area contributed by atoms with E-state index < -0.39 is 0 Å². The summed E-state index contributed by atoms with van der Waals surface area (Å²) in [6.45, 7) is 0.702. The molecular formula is C20H23N3O3. The topological polar surface area (TPSA) is 76.1 Å². The Hall–Kier alpha value is -2.50. The van der Waals surface area contributed by atoms with E-state index in [4.69, 9.17) is 4.74 Å². The van der Waals surface area contributed by atoms with Gasteiger partial charge in [-0.2, -0.15) is 0 Å². The van der Waals surface area contributed by atoms with Crippen LogP contribution in [0, 0.1) is 0 Å². The van der Waals surface area contributed by atoms with E-state index in [-0.39, 0.29) is 23.4 Å². The molecule has 1 aromatic carbocycles. The van der Waals surface area contributed by atoms with Gasteiger partial charge in [-0.05, 0) is 30.0 Å². The van der Waals surface area contributed by atoms with E-state index >= 15 is 0 Å². The third-order valence-electron chi connectivity index (χ3n) is 6.01. The van der Waals surface area contributed by atoms with Crippen LogP contribution in [0.2, 0.25) is 0 Å². The molecule has 2 N–H and O–H groups in total. The number of rotatable bonds is 2. The van der Waals surface area contributed by atoms with Crippen LogP contribution in [0.5, 0.6) is 5.75 Å². The van der Waals surface area contributed by atoms with Crippen molar-refractivity contribution in [2.75, 3.05) is 11.9 Å². The quantitative estimate of drug-likeness (QED) is 0.871. The van der Waals surface area contributed by atoms with Crippen molar-refractivity contribution < 1.29 is 9.53 Å². The predicted molar refractivity (Wildman–Crippen MR) is 97.9 cm³/mol. The van der Waals surface area contributed by atoms with Gasteiger partial charge in [-0.3, -0.25) is 19.4 Å². The van der Waals surface area contributed by atoms with Crippen LogP contribution in [0.15, 0.2) is 23.0 Å². The summed E-state index contributed by atoms with van der Waals surface area (Å²) in [5, 5.41) is 5.99. The van der Waals surface area contributed by atoms with Gasteiger partial charge in [-0.1, -0.05) is 31.4 Å². The SMILES string of the molecule is O=C1CC(c2ccc3c(c2)CCO3)c2c(n(C3CCCCC3)[nH]c2=O)N1. The zero-order valence-electron chi connectivity index (χ0n) is 14.7. The molecule has 2 aromatic rings. The van der Waals surface area contributed by atoms with E-state index in [0.29, 0.717) is 24.4 Å². The molecule has 26 heavy (non-hydrogen) atoms. The van der Waals surface area contributed by atoms with Crippen molar-refractivity contribution in [2.24, 2.45) is 0 Å². The van der Waals surface area contributed by atoms with Crippen molar-refractivity contribution in [3.05, 3.63) is 45.2 Å². The monoisotopic (exact) mass is 353 g/mol. The van der Waals surface area contributed by atoms with Gasteiger partial charge in [0.15, 0.2) is 0 Å². The lowest BCUT2D eigenvalue weighted by atomic mass is 9.86. The third-order valence-corrected chi connectivity index (χ3v) is 6.01. The van der Waals surface area contributed by atoms with Gasteiger partial charge >= 0.3 is 0 Å². The number of anilines is 1. The number of benzene rings is 1. The third kappa shape index (κ3) is 2.47. The first-order chi connectivity index (χ1) is 12.7. The Balaban J connectivity index is 1.59. The van der Waals surface area contributed by atoms with Crippen molar-refractivity contribution in [2.45, 2.75) is 56.9 Å². The lowest BCUT2D eigenvalue weighted by Crippen LogP contribution is -2.27. The molecule has 3 aliphatic rings. The molecule has 1 aromatic heterocycles. The van der Waals surface area contributed by atoms with Crippen molar-refractivity contribution in [1.82, 2.24) is 9.78 Å². The van der Waals surface area contributed by atoms with Gasteiger partial charge in [-0.25, -0.2) is 0 Å². The summed E-state index contributed by atoms with van der Waals surface area (Å²) < 4.78 is 7.52. The van der Waals surface area contributed by atoms with Gasteiger partial charge in [0.1, 0.15) is 11.6 Å². The highest BCUT2D eigenvalue weighted by Crippen LogP contribution is 2.40. The number of amides is 1. The zero-order valence-corrected chi connectivity index (χ0v) is 14.7. The maximum absolute atomic E-state index is 12.8. The van der Waals surface area contributed by atoms with E-state index in [2.05, 4.69) is 16.5 Å². The van der Waals surface area contributed by atoms with Gasteiger partial charge < -0.3 is 10.1 Å². The van der Waals surface area contributed by atoms with Crippen LogP contribution in [0.4, 0.5) is 5.82 Å². The second kappa shape index (κ2) is 6.04. The standard InChI is InChI=1S/C20H23N3O3/c24-17-11-15(12-6-7-16-13(10-12)8-9-26-16)18-19(21-17)23(22-20(18)25)14-4-2-1-3-5-14/h6-7,10,14-15H,1-5,8-9,11H2,(H,21,24)(H,22,25). The highest BCUT2D eigenvalue weighted by Gasteiger charge is 2.34. The minimum Gasteiger partial charge on any atom is -0.493 e. The van der Waals surface area contributed by atoms with Gasteiger partial charge in [0.25, 0.3) is 5.56 Å². The molecule has 1 fully saturated rings. The van der Waals surface area contributed by atoms with E-state index in [1.54, 1.807) is 0 Å². The predicted octanol–water partition coefficient (Wildman–Crippen LogP) is 3.09. The molecule has 6 nitrogen and oxygen atoms in total. The number of nitrogens with one attached hydrogen (secondary N) is 2. The fraction of sp³-hybridized carbons (Fsp3) is 0.500. The minimum atomic E-state index is -0.196. The van der Waals surface area contributed by atoms with E-state index in [0.717, 1.165) is 36.1 Å². The van der Waals surface area contributed by atoms with Crippen molar-refractivity contribution >= 4 is 11.7 Å². The Bertz CT molecular complexity index is 921. The smallest absolute Gasteiger partial charge is 0.270 e. The van der Waals surface area contributed by atoms with Crippen LogP contribution in [-0.2, 0) is 11.2 Å². The average molecular weight is 353 g/mol. The first-order valence-electron chi connectivity index (χ1n) is 9.60. The van der Waals surface area contributed by atoms with Crippen LogP contribution in [0.1, 0.15) is 67.2 Å². The first kappa shape index (κ1) is 15.7. The molecule has 3 heterocycles. The second-order valence-corrected chi connectivity index (χ2v) is 7.64. The van der Waals surface area contributed by atoms with E-state index in [9.17, 15) is 9.59 Å². The number of carbonyl (C=O) groups is 1. The molecule has 136 valence electrons. The molecule has 1 saturated carbocycles. The molecule has 1 amide bonds. The number of aromatic amines is 1. The maximum atomic E-state index is 12.8. The summed E-state index contributed by atoms with van der Waals surface area (Å²) in [7, 11) is 0. The van der Waals surface area contributed by atoms with Crippen LogP contribution < -0.4 is 15.6 Å². The second-order valence-electron chi connectivity index (χ2n) is 7.64. The molecule has 0 spiro atoms. The molecule has 6 heteroatoms. The summed E-state index contributed by atoms with van der Waals surface area (Å²) in [6.07, 6.45) is 6.88. The summed E-state index contributed by atoms with van der Waals surface area (Å²) >= 11 is 0. The van der Waals surface area contributed by atoms with Gasteiger partial charge in [0.2, 0.25) is 5.91 Å². The molecule has 1 aliphatic carbocycles. The molecule has 0 bridgehead atoms. The zero-order chi connectivity index (χ0) is 17.7. The number of hydrogen-bond donors (Lipinski definition) is 2. The van der Waals surface area contributed by atoms with E-state index in [1.807, 2.05) is 16.8 Å². The van der Waals surface area contributed by atoms with Crippen LogP contribution in [0.25, 0.3) is 0 Å². The summed E-state index contributed by atoms with van der Waals surface area (Å²) in [5.74, 6) is 1.38. The fourth-order valence-electron chi connectivity index (χ4n) is 4.71. The van der Waals surface area contributed by atoms with Crippen molar-refractivity contribution in [3.63, 3.8) is 0 Å². The number of carbonyl (C=O) groups excluding carboxylic acids is 1. The Morgan fingerprint density at radius 1 is 1.12 bits per heavy atom. The summed E-state index contributed by atoms with van der Waals surface area (Å²) in [4.78, 5) is 25.2. The fourth-order valence-corrected chi connectivity index (χ4v) is 4.71. The first-order valence-corrected chi connectivity index (χ1v) is 9.60. The van der Waals surface area contributed by atoms with Crippen LogP contribution in [0.3, 0.4) is 0 Å². The molecule has 2 aliphatic heterocycles. The molecule has 0 radical (unpaired) electrons. The number of nitrogens with zero attached hydrogens (tertiary/aromatic N) is 1. The normalized spacial score (nSPS) is 22.5. The lowest BCUT2D eigenvalue weighted by Gasteiger charge is -2.28. The number of fused-ring (bicyclic) bond motifs is 2. The van der Waals surface area contributed by atoms with Crippen molar-refractivity contribution in [1.29, 1.82) is 0 Å². The summed E-state index contributed by atoms with van der Waals surface area (Å²) in [5.41, 5.74) is 2.82. The Kier molecular flexibility index (Phi) is 3.65. The Labute approximate surface area is 151 Å². The number of hydrogen-bond acceptors (Lipinski definition) is 3. The number of H-pyrrole nitrogens is 1. The molecule has 0 saturated heterocycles. The minimum absolute atomic E-state index is 0.0252. The largest absolute Gasteiger partial charge is 0.493 e. The number of aromatic nitrogens is 2. The highest BCUT2D eigenvalue weighted by atomic mass is 16.5. The van der Waals surface area contributed by atoms with E-state index in [1.165, 1.54) is 19.3 Å². The van der Waals surface area contributed by atoms with Gasteiger partial charge in [0.05, 0.1) is 18.2 Å². The lowest BCUT2D eigenvalue weighted by molar-refractivity contribution is -0.116. The molecular weight excluding hydrogens is 330 g/mol. The van der Waals surface area contributed by atoms with Gasteiger partial charge in [-0.15, -0.1) is 0 Å². The molecule has 1 unspecified atom stereocenters. The average Bonchev–Trinajstić information content (AvgIpc) is 3.25. The Morgan fingerprint density at radius 2 is 1.96 bits per heavy atom. The van der Waals surface area contributed by atoms with Crippen molar-refractivity contribution in [3.8, 4) is 5.75 Å². The summed E-state index contributed by atoms with van der Waals surface area (Å²) in [6, 6.07) is 6.34.